The van der Waals surface area contributed by atoms with Gasteiger partial charge in [-0.25, -0.2) is 23.4 Å². The fraction of sp³-hybridized carbons (Fsp3) is 0.240. The Bertz CT molecular complexity index is 1460. The number of methoxy groups -OCH3 is 2. The number of anilines is 4. The van der Waals surface area contributed by atoms with Gasteiger partial charge in [-0.2, -0.15) is 0 Å². The molecular formula is C25H29N7O4S. The first-order valence-electron chi connectivity index (χ1n) is 11.4. The lowest BCUT2D eigenvalue weighted by Crippen LogP contribution is -2.21. The molecule has 194 valence electrons. The van der Waals surface area contributed by atoms with Crippen molar-refractivity contribution in [2.75, 3.05) is 56.8 Å². The van der Waals surface area contributed by atoms with E-state index in [9.17, 15) is 8.42 Å². The fourth-order valence-corrected chi connectivity index (χ4v) is 4.37. The van der Waals surface area contributed by atoms with E-state index < -0.39 is 10.0 Å². The highest BCUT2D eigenvalue weighted by molar-refractivity contribution is 7.92. The molecule has 0 spiro atoms. The van der Waals surface area contributed by atoms with Crippen LogP contribution in [-0.2, 0) is 10.0 Å². The molecule has 4 rings (SSSR count). The molecule has 4 aromatic rings. The molecule has 0 unspecified atom stereocenters. The molecule has 0 atom stereocenters. The van der Waals surface area contributed by atoms with E-state index in [1.807, 2.05) is 25.1 Å². The molecule has 12 heteroatoms. The van der Waals surface area contributed by atoms with Gasteiger partial charge in [-0.15, -0.1) is 0 Å². The molecule has 0 fully saturated rings. The summed E-state index contributed by atoms with van der Waals surface area (Å²) in [6.07, 6.45) is 1.30. The van der Waals surface area contributed by atoms with Crippen molar-refractivity contribution < 1.29 is 17.9 Å². The number of benzene rings is 2. The smallest absolute Gasteiger partial charge is 0.264 e. The van der Waals surface area contributed by atoms with Crippen molar-refractivity contribution in [1.29, 1.82) is 0 Å². The Kier molecular flexibility index (Phi) is 7.89. The highest BCUT2D eigenvalue weighted by atomic mass is 32.2. The zero-order chi connectivity index (χ0) is 26.4. The number of sulfonamides is 1. The number of pyridine rings is 1. The number of para-hydroxylation sites is 2. The Morgan fingerprint density at radius 3 is 2.11 bits per heavy atom. The highest BCUT2D eigenvalue weighted by Crippen LogP contribution is 2.31. The van der Waals surface area contributed by atoms with Gasteiger partial charge >= 0.3 is 0 Å². The number of nitrogens with zero attached hydrogens (tertiary/aromatic N) is 4. The van der Waals surface area contributed by atoms with E-state index >= 15 is 0 Å². The zero-order valence-corrected chi connectivity index (χ0v) is 21.8. The van der Waals surface area contributed by atoms with Gasteiger partial charge in [0.05, 0.1) is 25.3 Å². The average Bonchev–Trinajstić information content (AvgIpc) is 2.88. The maximum Gasteiger partial charge on any atom is 0.264 e. The van der Waals surface area contributed by atoms with Crippen LogP contribution in [0.3, 0.4) is 0 Å². The van der Waals surface area contributed by atoms with Crippen LogP contribution < -0.4 is 24.8 Å². The van der Waals surface area contributed by atoms with Crippen molar-refractivity contribution in [3.8, 4) is 11.5 Å². The van der Waals surface area contributed by atoms with Gasteiger partial charge in [0.2, 0.25) is 0 Å². The minimum absolute atomic E-state index is 0.00498. The van der Waals surface area contributed by atoms with Crippen molar-refractivity contribution in [3.05, 3.63) is 60.8 Å². The average molecular weight is 524 g/mol. The standard InChI is InChI=1S/C25H29N7O4S/c1-32(2)12-11-26-23-10-9-20(16-27-23)37(33,34)31-25-24(29-21-7-5-6-8-22(21)30-25)28-17-13-18(35-3)15-19(14-17)36-4/h5-10,13-16H,11-12H2,1-4H3,(H,26,27)(H,28,29)(H,30,31). The predicted molar refractivity (Wildman–Crippen MR) is 144 cm³/mol. The van der Waals surface area contributed by atoms with Crippen LogP contribution in [0, 0.1) is 0 Å². The Morgan fingerprint density at radius 1 is 0.892 bits per heavy atom. The summed E-state index contributed by atoms with van der Waals surface area (Å²) in [5, 5.41) is 6.30. The van der Waals surface area contributed by atoms with Crippen LogP contribution in [0.25, 0.3) is 11.0 Å². The third-order valence-corrected chi connectivity index (χ3v) is 6.65. The first-order valence-corrected chi connectivity index (χ1v) is 12.9. The minimum Gasteiger partial charge on any atom is -0.497 e. The first kappa shape index (κ1) is 25.9. The van der Waals surface area contributed by atoms with E-state index in [0.29, 0.717) is 40.6 Å². The SMILES string of the molecule is COc1cc(Nc2nc3ccccc3nc2NS(=O)(=O)c2ccc(NCCN(C)C)nc2)cc(OC)c1. The van der Waals surface area contributed by atoms with Crippen molar-refractivity contribution in [1.82, 2.24) is 19.9 Å². The lowest BCUT2D eigenvalue weighted by atomic mass is 10.2. The van der Waals surface area contributed by atoms with Crippen molar-refractivity contribution >= 4 is 44.2 Å². The molecule has 2 aromatic heterocycles. The van der Waals surface area contributed by atoms with Crippen LogP contribution in [0.5, 0.6) is 11.5 Å². The normalized spacial score (nSPS) is 11.4. The number of likely N-dealkylation sites (N-methyl/N-ethyl adjacent to an activating group) is 1. The Hall–Kier alpha value is -4.16. The third-order valence-electron chi connectivity index (χ3n) is 5.33. The number of nitrogens with one attached hydrogen (secondary N) is 3. The molecule has 0 amide bonds. The molecule has 2 heterocycles. The summed E-state index contributed by atoms with van der Waals surface area (Å²) in [4.78, 5) is 15.4. The van der Waals surface area contributed by atoms with Crippen LogP contribution in [0.15, 0.2) is 65.7 Å². The van der Waals surface area contributed by atoms with Crippen molar-refractivity contribution in [3.63, 3.8) is 0 Å². The Balaban J connectivity index is 1.64. The van der Waals surface area contributed by atoms with Gasteiger partial charge in [0.25, 0.3) is 10.0 Å². The molecule has 0 aliphatic carbocycles. The Labute approximate surface area is 215 Å². The summed E-state index contributed by atoms with van der Waals surface area (Å²) in [6, 6.07) is 15.5. The first-order chi connectivity index (χ1) is 17.8. The van der Waals surface area contributed by atoms with Gasteiger partial charge in [-0.3, -0.25) is 4.72 Å². The molecule has 0 radical (unpaired) electrons. The zero-order valence-electron chi connectivity index (χ0n) is 21.0. The van der Waals surface area contributed by atoms with E-state index in [0.717, 1.165) is 6.54 Å². The van der Waals surface area contributed by atoms with Gasteiger partial charge in [0.1, 0.15) is 22.2 Å². The summed E-state index contributed by atoms with van der Waals surface area (Å²) < 4.78 is 39.7. The number of fused-ring (bicyclic) bond motifs is 1. The topological polar surface area (TPSA) is 131 Å². The second-order valence-corrected chi connectivity index (χ2v) is 10.0. The Morgan fingerprint density at radius 2 is 1.54 bits per heavy atom. The summed E-state index contributed by atoms with van der Waals surface area (Å²) in [5.74, 6) is 1.95. The van der Waals surface area contributed by atoms with Crippen molar-refractivity contribution in [2.24, 2.45) is 0 Å². The maximum absolute atomic E-state index is 13.2. The summed E-state index contributed by atoms with van der Waals surface area (Å²) >= 11 is 0. The maximum atomic E-state index is 13.2. The molecule has 11 nitrogen and oxygen atoms in total. The highest BCUT2D eigenvalue weighted by Gasteiger charge is 2.20. The monoisotopic (exact) mass is 523 g/mol. The predicted octanol–water partition coefficient (Wildman–Crippen LogP) is 3.56. The van der Waals surface area contributed by atoms with Crippen LogP contribution >= 0.6 is 0 Å². The van der Waals surface area contributed by atoms with E-state index in [4.69, 9.17) is 9.47 Å². The van der Waals surface area contributed by atoms with Crippen LogP contribution in [-0.4, -0.2) is 69.7 Å². The second kappa shape index (κ2) is 11.3. The molecule has 0 saturated carbocycles. The molecule has 2 aromatic carbocycles. The van der Waals surface area contributed by atoms with Crippen LogP contribution in [0.2, 0.25) is 0 Å². The third kappa shape index (κ3) is 6.54. The molecular weight excluding hydrogens is 494 g/mol. The molecule has 0 aliphatic rings. The van der Waals surface area contributed by atoms with E-state index in [1.54, 1.807) is 56.7 Å². The van der Waals surface area contributed by atoms with E-state index in [-0.39, 0.29) is 16.5 Å². The minimum atomic E-state index is -4.01. The van der Waals surface area contributed by atoms with Gasteiger partial charge in [0, 0.05) is 43.2 Å². The molecule has 37 heavy (non-hydrogen) atoms. The summed E-state index contributed by atoms with van der Waals surface area (Å²) in [7, 11) is 3.02. The van der Waals surface area contributed by atoms with E-state index in [1.165, 1.54) is 12.3 Å². The number of ether oxygens (including phenoxy) is 2. The summed E-state index contributed by atoms with van der Waals surface area (Å²) in [6.45, 7) is 1.50. The van der Waals surface area contributed by atoms with Gasteiger partial charge < -0.3 is 25.0 Å². The fourth-order valence-electron chi connectivity index (χ4n) is 3.41. The molecule has 0 aliphatic heterocycles. The van der Waals surface area contributed by atoms with Crippen LogP contribution in [0.4, 0.5) is 23.1 Å². The largest absolute Gasteiger partial charge is 0.497 e. The lowest BCUT2D eigenvalue weighted by Gasteiger charge is -2.15. The molecule has 3 N–H and O–H groups in total. The number of aromatic nitrogens is 3. The molecule has 0 saturated heterocycles. The lowest BCUT2D eigenvalue weighted by molar-refractivity contribution is 0.395. The number of hydrogen-bond donors (Lipinski definition) is 3. The van der Waals surface area contributed by atoms with Gasteiger partial charge in [-0.05, 0) is 38.4 Å². The molecule has 0 bridgehead atoms. The van der Waals surface area contributed by atoms with Crippen LogP contribution in [0.1, 0.15) is 0 Å². The number of hydrogen-bond acceptors (Lipinski definition) is 10. The number of rotatable bonds is 11. The quantitative estimate of drug-likeness (QED) is 0.268. The second-order valence-electron chi connectivity index (χ2n) is 8.35. The van der Waals surface area contributed by atoms with Gasteiger partial charge in [-0.1, -0.05) is 12.1 Å². The van der Waals surface area contributed by atoms with Gasteiger partial charge in [0.15, 0.2) is 11.6 Å². The van der Waals surface area contributed by atoms with E-state index in [2.05, 4.69) is 30.3 Å². The summed E-state index contributed by atoms with van der Waals surface area (Å²) in [5.41, 5.74) is 1.71. The van der Waals surface area contributed by atoms with Crippen molar-refractivity contribution in [2.45, 2.75) is 4.90 Å².